The van der Waals surface area contributed by atoms with Gasteiger partial charge in [0.25, 0.3) is 0 Å². The summed E-state index contributed by atoms with van der Waals surface area (Å²) in [5.74, 6) is 0.311. The molecule has 0 N–H and O–H groups in total. The Morgan fingerprint density at radius 1 is 0.812 bits per heavy atom. The topological polar surface area (TPSA) is 9.23 Å². The van der Waals surface area contributed by atoms with E-state index in [2.05, 4.69) is 65.7 Å². The van der Waals surface area contributed by atoms with Crippen LogP contribution >= 0.6 is 0 Å². The molecule has 0 saturated carbocycles. The Hall–Kier alpha value is -1.04. The molecule has 0 heterocycles. The zero-order chi connectivity index (χ0) is 11.2. The van der Waals surface area contributed by atoms with Crippen LogP contribution in [0.2, 0.25) is 0 Å². The molecule has 2 rings (SSSR count). The Kier molecular flexibility index (Phi) is 4.21. The van der Waals surface area contributed by atoms with Crippen molar-refractivity contribution in [3.05, 3.63) is 71.8 Å². The van der Waals surface area contributed by atoms with Crippen LogP contribution in [0.25, 0.3) is 0 Å². The molecule has 0 aliphatic heterocycles. The summed E-state index contributed by atoms with van der Waals surface area (Å²) in [5.41, 5.74) is 2.58. The van der Waals surface area contributed by atoms with E-state index in [1.807, 2.05) is 12.1 Å². The minimum absolute atomic E-state index is 0.311. The molecule has 0 bridgehead atoms. The van der Waals surface area contributed by atoms with Gasteiger partial charge in [0.15, 0.2) is 0 Å². The molecule has 1 nitrogen and oxygen atoms in total. The molecule has 0 amide bonds. The summed E-state index contributed by atoms with van der Waals surface area (Å²) in [5, 5.41) is 0. The third-order valence-electron chi connectivity index (χ3n) is 2.65. The zero-order valence-electron chi connectivity index (χ0n) is 8.91. The molecule has 0 atom stereocenters. The molecular weight excluding hydrogens is 259 g/mol. The van der Waals surface area contributed by atoms with Crippen LogP contribution < -0.4 is 0 Å². The molecule has 2 radical (unpaired) electrons. The molecule has 0 fully saturated rings. The first-order valence-corrected chi connectivity index (χ1v) is 6.04. The number of rotatable bonds is 4. The summed E-state index contributed by atoms with van der Waals surface area (Å²) in [6.07, 6.45) is 0. The Morgan fingerprint density at radius 3 is 1.62 bits per heavy atom. The molecule has 2 heteroatoms. The van der Waals surface area contributed by atoms with Crippen molar-refractivity contribution in [1.82, 2.24) is 0 Å². The predicted octanol–water partition coefficient (Wildman–Crippen LogP) is 2.92. The first-order valence-electron chi connectivity index (χ1n) is 5.28. The monoisotopic (exact) mass is 272 g/mol. The molecule has 0 unspecified atom stereocenters. The van der Waals surface area contributed by atoms with Crippen molar-refractivity contribution in [2.75, 3.05) is 6.61 Å². The van der Waals surface area contributed by atoms with E-state index < -0.39 is 0 Å². The van der Waals surface area contributed by atoms with Crippen molar-refractivity contribution in [3.63, 3.8) is 0 Å². The van der Waals surface area contributed by atoms with Crippen molar-refractivity contribution in [1.29, 1.82) is 0 Å². The van der Waals surface area contributed by atoms with E-state index in [0.29, 0.717) is 12.5 Å². The van der Waals surface area contributed by atoms with Crippen LogP contribution in [0.3, 0.4) is 0 Å². The van der Waals surface area contributed by atoms with Gasteiger partial charge in [-0.05, 0) is 0 Å². The van der Waals surface area contributed by atoms with Crippen LogP contribution in [0.4, 0.5) is 0 Å². The fourth-order valence-corrected chi connectivity index (χ4v) is 2.14. The van der Waals surface area contributed by atoms with Gasteiger partial charge in [-0.1, -0.05) is 0 Å². The molecule has 0 aromatic heterocycles. The first-order chi connectivity index (χ1) is 7.92. The van der Waals surface area contributed by atoms with Crippen LogP contribution in [-0.2, 0) is 3.73 Å². The number of hydrogen-bond acceptors (Lipinski definition) is 1. The Morgan fingerprint density at radius 2 is 1.25 bits per heavy atom. The number of benzene rings is 2. The quantitative estimate of drug-likeness (QED) is 0.778. The third kappa shape index (κ3) is 2.75. The fraction of sp³-hybridized carbons (Fsp3) is 0.143. The summed E-state index contributed by atoms with van der Waals surface area (Å²) in [6, 6.07) is 20.9. The third-order valence-corrected chi connectivity index (χ3v) is 2.96. The zero-order valence-corrected chi connectivity index (χ0v) is 10.8. The summed E-state index contributed by atoms with van der Waals surface area (Å²) in [4.78, 5) is 0. The van der Waals surface area contributed by atoms with Crippen molar-refractivity contribution < 1.29 is 3.73 Å². The molecular formula is C14H13AsO. The van der Waals surface area contributed by atoms with Crippen LogP contribution in [0.15, 0.2) is 60.7 Å². The second-order valence-electron chi connectivity index (χ2n) is 3.67. The van der Waals surface area contributed by atoms with E-state index in [9.17, 15) is 0 Å². The van der Waals surface area contributed by atoms with Crippen LogP contribution in [0.5, 0.6) is 0 Å². The van der Waals surface area contributed by atoms with E-state index in [0.717, 1.165) is 0 Å². The van der Waals surface area contributed by atoms with E-state index in [1.165, 1.54) is 11.1 Å². The van der Waals surface area contributed by atoms with Gasteiger partial charge in [0.1, 0.15) is 0 Å². The molecule has 2 aromatic carbocycles. The summed E-state index contributed by atoms with van der Waals surface area (Å²) in [6.45, 7) is 0.689. The standard InChI is InChI=1S/C14H13AsO/c15-16-11-14(12-7-3-1-4-8-12)13-9-5-2-6-10-13/h1-10,14H,11H2. The van der Waals surface area contributed by atoms with Gasteiger partial charge in [0, 0.05) is 0 Å². The Labute approximate surface area is 105 Å². The maximum absolute atomic E-state index is 5.25. The average molecular weight is 272 g/mol. The van der Waals surface area contributed by atoms with Gasteiger partial charge in [-0.2, -0.15) is 0 Å². The number of hydrogen-bond donors (Lipinski definition) is 0. The van der Waals surface area contributed by atoms with Crippen LogP contribution in [0.1, 0.15) is 17.0 Å². The SMILES string of the molecule is [As]OCC(c1ccccc1)c1ccccc1. The predicted molar refractivity (Wildman–Crippen MR) is 66.4 cm³/mol. The van der Waals surface area contributed by atoms with Crippen LogP contribution in [-0.4, -0.2) is 23.8 Å². The van der Waals surface area contributed by atoms with Gasteiger partial charge < -0.3 is 0 Å². The van der Waals surface area contributed by atoms with E-state index in [1.54, 1.807) is 0 Å². The molecule has 2 aromatic rings. The summed E-state index contributed by atoms with van der Waals surface area (Å²) in [7, 11) is 0. The molecule has 0 saturated heterocycles. The molecule has 0 spiro atoms. The van der Waals surface area contributed by atoms with Gasteiger partial charge in [0.2, 0.25) is 0 Å². The molecule has 16 heavy (non-hydrogen) atoms. The van der Waals surface area contributed by atoms with Gasteiger partial charge in [0.05, 0.1) is 0 Å². The van der Waals surface area contributed by atoms with Gasteiger partial charge in [-0.25, -0.2) is 0 Å². The van der Waals surface area contributed by atoms with Crippen molar-refractivity contribution in [2.45, 2.75) is 5.92 Å². The Bertz CT molecular complexity index is 374. The second-order valence-corrected chi connectivity index (χ2v) is 4.21. The van der Waals surface area contributed by atoms with E-state index in [4.69, 9.17) is 3.73 Å². The van der Waals surface area contributed by atoms with Gasteiger partial charge in [-0.3, -0.25) is 0 Å². The minimum atomic E-state index is 0.311. The first kappa shape index (κ1) is 11.4. The van der Waals surface area contributed by atoms with Crippen LogP contribution in [0, 0.1) is 0 Å². The molecule has 0 aliphatic rings. The molecule has 0 aliphatic carbocycles. The van der Waals surface area contributed by atoms with Crippen molar-refractivity contribution in [2.24, 2.45) is 0 Å². The maximum atomic E-state index is 5.25. The fourth-order valence-electron chi connectivity index (χ4n) is 1.83. The average Bonchev–Trinajstić information content (AvgIpc) is 2.38. The normalized spacial score (nSPS) is 10.6. The van der Waals surface area contributed by atoms with Gasteiger partial charge in [-0.15, -0.1) is 0 Å². The molecule has 80 valence electrons. The van der Waals surface area contributed by atoms with Crippen molar-refractivity contribution >= 4 is 17.2 Å². The summed E-state index contributed by atoms with van der Waals surface area (Å²) < 4.78 is 5.25. The Balaban J connectivity index is 2.31. The second kappa shape index (κ2) is 5.88. The van der Waals surface area contributed by atoms with E-state index >= 15 is 0 Å². The van der Waals surface area contributed by atoms with Crippen molar-refractivity contribution in [3.8, 4) is 0 Å². The summed E-state index contributed by atoms with van der Waals surface area (Å²) >= 11 is 2.18. The van der Waals surface area contributed by atoms with E-state index in [-0.39, 0.29) is 0 Å². The van der Waals surface area contributed by atoms with Gasteiger partial charge >= 0.3 is 105 Å².